The molecule has 2 aromatic heterocycles. The number of fused-ring (bicyclic) bond motifs is 1. The van der Waals surface area contributed by atoms with Gasteiger partial charge in [0.15, 0.2) is 0 Å². The maximum absolute atomic E-state index is 12.5. The normalized spacial score (nSPS) is 11.0. The van der Waals surface area contributed by atoms with Gasteiger partial charge >= 0.3 is 11.7 Å². The first-order valence-electron chi connectivity index (χ1n) is 7.24. The number of aryl methyl sites for hydroxylation is 1. The zero-order chi connectivity index (χ0) is 18.2. The molecule has 2 aromatic rings. The summed E-state index contributed by atoms with van der Waals surface area (Å²) in [4.78, 5) is 52.8. The fourth-order valence-electron chi connectivity index (χ4n) is 2.35. The van der Waals surface area contributed by atoms with Gasteiger partial charge in [-0.25, -0.2) is 9.78 Å². The lowest BCUT2D eigenvalue weighted by Crippen LogP contribution is -2.41. The molecule has 0 fully saturated rings. The van der Waals surface area contributed by atoms with Crippen LogP contribution in [0.3, 0.4) is 0 Å². The number of rotatable bonds is 4. The lowest BCUT2D eigenvalue weighted by Gasteiger charge is -2.24. The van der Waals surface area contributed by atoms with E-state index in [1.54, 1.807) is 13.8 Å². The van der Waals surface area contributed by atoms with Crippen molar-refractivity contribution < 1.29 is 14.7 Å². The highest BCUT2D eigenvalue weighted by Crippen LogP contribution is 2.10. The van der Waals surface area contributed by atoms with Crippen molar-refractivity contribution in [3.05, 3.63) is 38.7 Å². The summed E-state index contributed by atoms with van der Waals surface area (Å²) < 4.78 is 2.13. The van der Waals surface area contributed by atoms with Crippen LogP contribution in [0.5, 0.6) is 0 Å². The van der Waals surface area contributed by atoms with E-state index < -0.39 is 29.7 Å². The first-order valence-corrected chi connectivity index (χ1v) is 7.24. The molecule has 1 N–H and O–H groups in total. The summed E-state index contributed by atoms with van der Waals surface area (Å²) in [6.07, 6.45) is 0. The minimum absolute atomic E-state index is 0.0271. The summed E-state index contributed by atoms with van der Waals surface area (Å²) in [5, 5.41) is 9.14. The van der Waals surface area contributed by atoms with Crippen molar-refractivity contribution in [3.8, 4) is 0 Å². The van der Waals surface area contributed by atoms with Crippen LogP contribution in [-0.4, -0.2) is 48.6 Å². The Kier molecular flexibility index (Phi) is 4.54. The van der Waals surface area contributed by atoms with Crippen molar-refractivity contribution in [3.63, 3.8) is 0 Å². The molecule has 0 saturated carbocycles. The van der Waals surface area contributed by atoms with Crippen LogP contribution in [0.1, 0.15) is 24.3 Å². The standard InChI is InChI=1S/C15H18N4O5/c1-8(2)19(7-11(20)21)14(23)10-6-5-9-12(16-10)17(3)15(24)18(4)13(9)22/h5-6,8H,7H2,1-4H3,(H,20,21). The van der Waals surface area contributed by atoms with E-state index in [-0.39, 0.29) is 22.8 Å². The van der Waals surface area contributed by atoms with Crippen LogP contribution >= 0.6 is 0 Å². The van der Waals surface area contributed by atoms with E-state index in [1.165, 1.54) is 30.8 Å². The Morgan fingerprint density at radius 3 is 2.38 bits per heavy atom. The number of carboxylic acids is 1. The molecule has 0 atom stereocenters. The van der Waals surface area contributed by atoms with Crippen molar-refractivity contribution in [1.82, 2.24) is 19.0 Å². The van der Waals surface area contributed by atoms with Gasteiger partial charge in [0, 0.05) is 20.1 Å². The summed E-state index contributed by atoms with van der Waals surface area (Å²) in [6, 6.07) is 2.42. The molecule has 128 valence electrons. The second kappa shape index (κ2) is 6.26. The van der Waals surface area contributed by atoms with Gasteiger partial charge in [-0.05, 0) is 26.0 Å². The first kappa shape index (κ1) is 17.4. The van der Waals surface area contributed by atoms with Crippen LogP contribution in [0.25, 0.3) is 11.0 Å². The summed E-state index contributed by atoms with van der Waals surface area (Å²) in [5.41, 5.74) is -1.02. The number of hydrogen-bond donors (Lipinski definition) is 1. The zero-order valence-electron chi connectivity index (χ0n) is 13.8. The lowest BCUT2D eigenvalue weighted by atomic mass is 10.2. The lowest BCUT2D eigenvalue weighted by molar-refractivity contribution is -0.138. The SMILES string of the molecule is CC(C)N(CC(=O)O)C(=O)c1ccc2c(=O)n(C)c(=O)n(C)c2n1. The van der Waals surface area contributed by atoms with E-state index in [1.807, 2.05) is 0 Å². The highest BCUT2D eigenvalue weighted by molar-refractivity contribution is 5.96. The van der Waals surface area contributed by atoms with Gasteiger partial charge in [-0.2, -0.15) is 0 Å². The predicted octanol–water partition coefficient (Wildman–Crippen LogP) is -0.433. The smallest absolute Gasteiger partial charge is 0.332 e. The molecule has 0 aliphatic carbocycles. The largest absolute Gasteiger partial charge is 0.480 e. The van der Waals surface area contributed by atoms with E-state index in [2.05, 4.69) is 4.98 Å². The molecular weight excluding hydrogens is 316 g/mol. The van der Waals surface area contributed by atoms with E-state index in [0.29, 0.717) is 0 Å². The third-order valence-corrected chi connectivity index (χ3v) is 3.71. The van der Waals surface area contributed by atoms with Gasteiger partial charge in [0.25, 0.3) is 11.5 Å². The number of carbonyl (C=O) groups excluding carboxylic acids is 1. The number of amides is 1. The second-order valence-electron chi connectivity index (χ2n) is 5.69. The third-order valence-electron chi connectivity index (χ3n) is 3.71. The number of pyridine rings is 1. The molecule has 0 aliphatic rings. The van der Waals surface area contributed by atoms with Crippen LogP contribution in [0.2, 0.25) is 0 Å². The van der Waals surface area contributed by atoms with Crippen molar-refractivity contribution in [2.45, 2.75) is 19.9 Å². The predicted molar refractivity (Wildman–Crippen MR) is 86.0 cm³/mol. The molecule has 0 bridgehead atoms. The highest BCUT2D eigenvalue weighted by atomic mass is 16.4. The Morgan fingerprint density at radius 2 is 1.83 bits per heavy atom. The topological polar surface area (TPSA) is 115 Å². The molecule has 0 radical (unpaired) electrons. The molecule has 0 unspecified atom stereocenters. The third kappa shape index (κ3) is 2.92. The number of aliphatic carboxylic acids is 1. The van der Waals surface area contributed by atoms with E-state index in [9.17, 15) is 19.2 Å². The summed E-state index contributed by atoms with van der Waals surface area (Å²) in [5.74, 6) is -1.72. The van der Waals surface area contributed by atoms with Crippen LogP contribution in [0, 0.1) is 0 Å². The Balaban J connectivity index is 2.62. The van der Waals surface area contributed by atoms with Crippen LogP contribution in [-0.2, 0) is 18.9 Å². The van der Waals surface area contributed by atoms with Crippen LogP contribution in [0.4, 0.5) is 0 Å². The molecule has 9 nitrogen and oxygen atoms in total. The summed E-state index contributed by atoms with van der Waals surface area (Å²) in [6.45, 7) is 2.91. The average Bonchev–Trinajstić information content (AvgIpc) is 2.54. The molecule has 0 aromatic carbocycles. The number of carbonyl (C=O) groups is 2. The zero-order valence-corrected chi connectivity index (χ0v) is 13.8. The van der Waals surface area contributed by atoms with Crippen molar-refractivity contribution in [2.24, 2.45) is 14.1 Å². The number of aromatic nitrogens is 3. The van der Waals surface area contributed by atoms with Crippen molar-refractivity contribution in [1.29, 1.82) is 0 Å². The summed E-state index contributed by atoms with van der Waals surface area (Å²) in [7, 11) is 2.80. The van der Waals surface area contributed by atoms with Gasteiger partial charge in [0.05, 0.1) is 5.39 Å². The van der Waals surface area contributed by atoms with Gasteiger partial charge in [-0.15, -0.1) is 0 Å². The molecule has 2 heterocycles. The second-order valence-corrected chi connectivity index (χ2v) is 5.69. The van der Waals surface area contributed by atoms with Gasteiger partial charge in [-0.1, -0.05) is 0 Å². The molecule has 0 aliphatic heterocycles. The van der Waals surface area contributed by atoms with Gasteiger partial charge < -0.3 is 10.0 Å². The number of carboxylic acid groups (broad SMARTS) is 1. The fourth-order valence-corrected chi connectivity index (χ4v) is 2.35. The molecule has 24 heavy (non-hydrogen) atoms. The number of nitrogens with zero attached hydrogens (tertiary/aromatic N) is 4. The maximum atomic E-state index is 12.5. The van der Waals surface area contributed by atoms with E-state index in [0.717, 1.165) is 9.47 Å². The minimum Gasteiger partial charge on any atom is -0.480 e. The molecule has 1 amide bonds. The van der Waals surface area contributed by atoms with Crippen molar-refractivity contribution in [2.75, 3.05) is 6.54 Å². The highest BCUT2D eigenvalue weighted by Gasteiger charge is 2.23. The molecule has 9 heteroatoms. The van der Waals surface area contributed by atoms with E-state index >= 15 is 0 Å². The first-order chi connectivity index (χ1) is 11.1. The Hall–Kier alpha value is -2.97. The van der Waals surface area contributed by atoms with Crippen LogP contribution in [0.15, 0.2) is 21.7 Å². The monoisotopic (exact) mass is 334 g/mol. The minimum atomic E-state index is -1.14. The fraction of sp³-hybridized carbons (Fsp3) is 0.400. The Bertz CT molecular complexity index is 941. The Labute approximate surface area is 136 Å². The molecule has 0 saturated heterocycles. The summed E-state index contributed by atoms with van der Waals surface area (Å²) >= 11 is 0. The Morgan fingerprint density at radius 1 is 1.21 bits per heavy atom. The average molecular weight is 334 g/mol. The van der Waals surface area contributed by atoms with Gasteiger partial charge in [0.2, 0.25) is 0 Å². The molecular formula is C15H18N4O5. The maximum Gasteiger partial charge on any atom is 0.332 e. The van der Waals surface area contributed by atoms with Crippen molar-refractivity contribution >= 4 is 22.9 Å². The molecule has 0 spiro atoms. The number of hydrogen-bond acceptors (Lipinski definition) is 5. The quantitative estimate of drug-likeness (QED) is 0.811. The van der Waals surface area contributed by atoms with Crippen LogP contribution < -0.4 is 11.2 Å². The van der Waals surface area contributed by atoms with Gasteiger partial charge in [0.1, 0.15) is 17.9 Å². The van der Waals surface area contributed by atoms with E-state index in [4.69, 9.17) is 5.11 Å². The van der Waals surface area contributed by atoms with Gasteiger partial charge in [-0.3, -0.25) is 23.5 Å². The molecule has 2 rings (SSSR count).